The molecule has 2 aromatic carbocycles. The molecule has 1 aliphatic heterocycles. The molecule has 2 N–H and O–H groups in total. The first kappa shape index (κ1) is 24.2. The van der Waals surface area contributed by atoms with Crippen LogP contribution in [0, 0.1) is 0 Å². The number of nitrogens with zero attached hydrogens (tertiary/aromatic N) is 2. The van der Waals surface area contributed by atoms with Crippen molar-refractivity contribution in [3.8, 4) is 11.5 Å². The Hall–Kier alpha value is -3.10. The third-order valence-corrected chi connectivity index (χ3v) is 4.87. The van der Waals surface area contributed by atoms with Gasteiger partial charge in [0.05, 0.1) is 13.7 Å². The van der Waals surface area contributed by atoms with Crippen molar-refractivity contribution in [1.29, 1.82) is 0 Å². The van der Waals surface area contributed by atoms with Crippen LogP contribution in [0.4, 0.5) is 0 Å². The van der Waals surface area contributed by atoms with Gasteiger partial charge in [-0.15, -0.1) is 0 Å². The van der Waals surface area contributed by atoms with E-state index in [0.717, 1.165) is 50.8 Å². The molecule has 1 heterocycles. The quantitative estimate of drug-likeness (QED) is 0.647. The standard InChI is InChI=1S/C21H28N2O2.C2H2O4/c1-3-25-20-10-8-18(9-11-20)16-22-12-14-23(15-13-22)17-19-6-4-5-7-21(19)24-2;3-1(4)2(5)6/h4-11H,3,12-17H2,1-2H3;(H,3,4)(H,5,6). The Labute approximate surface area is 182 Å². The second kappa shape index (κ2) is 12.6. The Balaban J connectivity index is 0.000000501. The zero-order chi connectivity index (χ0) is 22.6. The largest absolute Gasteiger partial charge is 0.496 e. The van der Waals surface area contributed by atoms with E-state index in [1.165, 1.54) is 11.1 Å². The van der Waals surface area contributed by atoms with Crippen molar-refractivity contribution in [2.45, 2.75) is 20.0 Å². The van der Waals surface area contributed by atoms with E-state index in [4.69, 9.17) is 29.3 Å². The molecule has 31 heavy (non-hydrogen) atoms. The number of rotatable bonds is 7. The fraction of sp³-hybridized carbons (Fsp3) is 0.391. The summed E-state index contributed by atoms with van der Waals surface area (Å²) in [5.74, 6) is -1.71. The molecule has 1 fully saturated rings. The summed E-state index contributed by atoms with van der Waals surface area (Å²) >= 11 is 0. The van der Waals surface area contributed by atoms with E-state index in [2.05, 4.69) is 46.2 Å². The van der Waals surface area contributed by atoms with Crippen molar-refractivity contribution in [3.05, 3.63) is 59.7 Å². The number of para-hydroxylation sites is 1. The van der Waals surface area contributed by atoms with Crippen LogP contribution in [0.15, 0.2) is 48.5 Å². The average molecular weight is 431 g/mol. The van der Waals surface area contributed by atoms with Crippen LogP contribution in [0.1, 0.15) is 18.1 Å². The van der Waals surface area contributed by atoms with Gasteiger partial charge in [-0.2, -0.15) is 0 Å². The second-order valence-electron chi connectivity index (χ2n) is 7.05. The van der Waals surface area contributed by atoms with Gasteiger partial charge in [-0.05, 0) is 30.7 Å². The van der Waals surface area contributed by atoms with Crippen molar-refractivity contribution in [1.82, 2.24) is 9.80 Å². The minimum atomic E-state index is -1.82. The minimum Gasteiger partial charge on any atom is -0.496 e. The Morgan fingerprint density at radius 2 is 1.42 bits per heavy atom. The summed E-state index contributed by atoms with van der Waals surface area (Å²) in [6.07, 6.45) is 0. The molecule has 8 heteroatoms. The summed E-state index contributed by atoms with van der Waals surface area (Å²) in [5, 5.41) is 14.8. The number of piperazine rings is 1. The van der Waals surface area contributed by atoms with Crippen LogP contribution < -0.4 is 9.47 Å². The number of carbonyl (C=O) groups is 2. The van der Waals surface area contributed by atoms with Gasteiger partial charge >= 0.3 is 11.9 Å². The molecule has 0 radical (unpaired) electrons. The number of methoxy groups -OCH3 is 1. The van der Waals surface area contributed by atoms with Gasteiger partial charge in [-0.1, -0.05) is 30.3 Å². The molecule has 0 aliphatic carbocycles. The molecule has 1 saturated heterocycles. The highest BCUT2D eigenvalue weighted by Crippen LogP contribution is 2.20. The fourth-order valence-corrected chi connectivity index (χ4v) is 3.30. The molecule has 2 aromatic rings. The number of ether oxygens (including phenoxy) is 2. The third kappa shape index (κ3) is 8.27. The number of hydrogen-bond acceptors (Lipinski definition) is 6. The van der Waals surface area contributed by atoms with Crippen molar-refractivity contribution in [2.24, 2.45) is 0 Å². The van der Waals surface area contributed by atoms with Crippen LogP contribution in [0.3, 0.4) is 0 Å². The molecule has 0 aromatic heterocycles. The molecule has 0 bridgehead atoms. The summed E-state index contributed by atoms with van der Waals surface area (Å²) in [4.78, 5) is 23.2. The van der Waals surface area contributed by atoms with E-state index in [0.29, 0.717) is 6.61 Å². The molecular formula is C23H30N2O6. The molecular weight excluding hydrogens is 400 g/mol. The van der Waals surface area contributed by atoms with Gasteiger partial charge in [0, 0.05) is 44.8 Å². The predicted molar refractivity (Wildman–Crippen MR) is 116 cm³/mol. The molecule has 0 atom stereocenters. The van der Waals surface area contributed by atoms with Gasteiger partial charge in [-0.25, -0.2) is 9.59 Å². The van der Waals surface area contributed by atoms with Gasteiger partial charge in [-0.3, -0.25) is 9.80 Å². The highest BCUT2D eigenvalue weighted by atomic mass is 16.5. The van der Waals surface area contributed by atoms with Crippen LogP contribution in [-0.2, 0) is 22.7 Å². The van der Waals surface area contributed by atoms with Gasteiger partial charge in [0.2, 0.25) is 0 Å². The first-order valence-electron chi connectivity index (χ1n) is 10.2. The Kier molecular flexibility index (Phi) is 9.80. The Morgan fingerprint density at radius 1 is 0.871 bits per heavy atom. The van der Waals surface area contributed by atoms with E-state index in [-0.39, 0.29) is 0 Å². The zero-order valence-electron chi connectivity index (χ0n) is 18.0. The molecule has 0 spiro atoms. The summed E-state index contributed by atoms with van der Waals surface area (Å²) in [6, 6.07) is 16.8. The fourth-order valence-electron chi connectivity index (χ4n) is 3.30. The summed E-state index contributed by atoms with van der Waals surface area (Å²) < 4.78 is 11.0. The van der Waals surface area contributed by atoms with E-state index in [1.807, 2.05) is 19.1 Å². The number of benzene rings is 2. The SMILES string of the molecule is CCOc1ccc(CN2CCN(Cc3ccccc3OC)CC2)cc1.O=C(O)C(=O)O. The van der Waals surface area contributed by atoms with Gasteiger partial charge in [0.15, 0.2) is 0 Å². The van der Waals surface area contributed by atoms with E-state index < -0.39 is 11.9 Å². The van der Waals surface area contributed by atoms with Gasteiger partial charge in [0.25, 0.3) is 0 Å². The maximum Gasteiger partial charge on any atom is 0.414 e. The van der Waals surface area contributed by atoms with E-state index >= 15 is 0 Å². The predicted octanol–water partition coefficient (Wildman–Crippen LogP) is 2.57. The molecule has 168 valence electrons. The lowest BCUT2D eigenvalue weighted by Crippen LogP contribution is -2.45. The number of aliphatic carboxylic acids is 2. The normalized spacial score (nSPS) is 14.3. The smallest absolute Gasteiger partial charge is 0.414 e. The highest BCUT2D eigenvalue weighted by molar-refractivity contribution is 6.27. The number of carboxylic acids is 2. The van der Waals surface area contributed by atoms with Crippen molar-refractivity contribution in [2.75, 3.05) is 39.9 Å². The lowest BCUT2D eigenvalue weighted by molar-refractivity contribution is -0.159. The number of carboxylic acid groups (broad SMARTS) is 2. The first-order valence-corrected chi connectivity index (χ1v) is 10.2. The molecule has 3 rings (SSSR count). The lowest BCUT2D eigenvalue weighted by Gasteiger charge is -2.35. The van der Waals surface area contributed by atoms with Gasteiger partial charge < -0.3 is 19.7 Å². The molecule has 8 nitrogen and oxygen atoms in total. The van der Waals surface area contributed by atoms with Crippen LogP contribution in [0.2, 0.25) is 0 Å². The minimum absolute atomic E-state index is 0.716. The van der Waals surface area contributed by atoms with E-state index in [9.17, 15) is 0 Å². The van der Waals surface area contributed by atoms with Crippen molar-refractivity contribution in [3.63, 3.8) is 0 Å². The van der Waals surface area contributed by atoms with Crippen LogP contribution in [0.5, 0.6) is 11.5 Å². The summed E-state index contributed by atoms with van der Waals surface area (Å²) in [7, 11) is 1.74. The van der Waals surface area contributed by atoms with Crippen LogP contribution in [0.25, 0.3) is 0 Å². The second-order valence-corrected chi connectivity index (χ2v) is 7.05. The van der Waals surface area contributed by atoms with E-state index in [1.54, 1.807) is 7.11 Å². The van der Waals surface area contributed by atoms with Crippen LogP contribution in [-0.4, -0.2) is 71.8 Å². The molecule has 0 saturated carbocycles. The molecule has 0 unspecified atom stereocenters. The number of hydrogen-bond donors (Lipinski definition) is 2. The molecule has 0 amide bonds. The third-order valence-electron chi connectivity index (χ3n) is 4.87. The maximum absolute atomic E-state index is 9.10. The first-order chi connectivity index (χ1) is 14.9. The lowest BCUT2D eigenvalue weighted by atomic mass is 10.1. The highest BCUT2D eigenvalue weighted by Gasteiger charge is 2.18. The topological polar surface area (TPSA) is 99.5 Å². The summed E-state index contributed by atoms with van der Waals surface area (Å²) in [5.41, 5.74) is 2.62. The Bertz CT molecular complexity index is 820. The van der Waals surface area contributed by atoms with Gasteiger partial charge in [0.1, 0.15) is 11.5 Å². The zero-order valence-corrected chi connectivity index (χ0v) is 18.0. The monoisotopic (exact) mass is 430 g/mol. The van der Waals surface area contributed by atoms with Crippen molar-refractivity contribution >= 4 is 11.9 Å². The maximum atomic E-state index is 9.10. The molecule has 1 aliphatic rings. The van der Waals surface area contributed by atoms with Crippen LogP contribution >= 0.6 is 0 Å². The average Bonchev–Trinajstić information content (AvgIpc) is 2.77. The Morgan fingerprint density at radius 3 is 1.94 bits per heavy atom. The summed E-state index contributed by atoms with van der Waals surface area (Å²) in [6.45, 7) is 9.08. The van der Waals surface area contributed by atoms with Crippen molar-refractivity contribution < 1.29 is 29.3 Å².